The number of hydrogen-bond donors (Lipinski definition) is 2. The highest BCUT2D eigenvalue weighted by atomic mass is 16.5. The lowest BCUT2D eigenvalue weighted by Gasteiger charge is -1.93. The Morgan fingerprint density at radius 1 is 1.78 bits per heavy atom. The highest BCUT2D eigenvalue weighted by molar-refractivity contribution is 5.74. The summed E-state index contributed by atoms with van der Waals surface area (Å²) in [6, 6.07) is -0.618. The predicted molar refractivity (Wildman–Crippen MR) is 27.9 cm³/mol. The van der Waals surface area contributed by atoms with Gasteiger partial charge in [-0.05, 0) is 0 Å². The van der Waals surface area contributed by atoms with Gasteiger partial charge in [-0.25, -0.2) is 15.3 Å². The van der Waals surface area contributed by atoms with E-state index in [1.165, 1.54) is 24.2 Å². The van der Waals surface area contributed by atoms with E-state index in [9.17, 15) is 4.79 Å². The highest BCUT2D eigenvalue weighted by Gasteiger charge is 1.97. The van der Waals surface area contributed by atoms with Crippen LogP contribution in [0.1, 0.15) is 0 Å². The first-order chi connectivity index (χ1) is 4.34. The molecule has 48 valence electrons. The van der Waals surface area contributed by atoms with Crippen molar-refractivity contribution in [2.24, 2.45) is 0 Å². The van der Waals surface area contributed by atoms with Crippen molar-refractivity contribution in [2.45, 2.75) is 0 Å². The molecule has 0 fully saturated rings. The molecule has 0 aromatic carbocycles. The molecule has 0 spiro atoms. The molecule has 2 N–H and O–H groups in total. The molecule has 0 unspecified atom stereocenters. The van der Waals surface area contributed by atoms with Crippen molar-refractivity contribution in [1.29, 1.82) is 0 Å². The molecule has 1 aromatic heterocycles. The Balaban J connectivity index is 2.77. The van der Waals surface area contributed by atoms with Crippen LogP contribution in [-0.4, -0.2) is 20.8 Å². The predicted octanol–water partition coefficient (Wildman–Crippen LogP) is -0.170. The molecule has 0 aliphatic rings. The molecule has 9 heavy (non-hydrogen) atoms. The van der Waals surface area contributed by atoms with Gasteiger partial charge in [0.05, 0.1) is 0 Å². The number of aromatic nitrogens is 2. The Bertz CT molecular complexity index is 194. The third-order valence-corrected chi connectivity index (χ3v) is 0.835. The Kier molecular flexibility index (Phi) is 1.46. The zero-order valence-electron chi connectivity index (χ0n) is 4.48. The van der Waals surface area contributed by atoms with Gasteiger partial charge in [0.1, 0.15) is 6.33 Å². The van der Waals surface area contributed by atoms with Crippen molar-refractivity contribution >= 4 is 6.03 Å². The summed E-state index contributed by atoms with van der Waals surface area (Å²) in [6.45, 7) is 0. The fourth-order valence-electron chi connectivity index (χ4n) is 0.437. The maximum absolute atomic E-state index is 10.4. The third-order valence-electron chi connectivity index (χ3n) is 0.835. The largest absolute Gasteiger partial charge is 0.350 e. The molecule has 1 rings (SSSR count). The molecule has 0 bridgehead atoms. The van der Waals surface area contributed by atoms with Crippen LogP contribution < -0.4 is 5.48 Å². The van der Waals surface area contributed by atoms with E-state index in [2.05, 4.69) is 4.98 Å². The third kappa shape index (κ3) is 1.06. The van der Waals surface area contributed by atoms with Gasteiger partial charge in [0.15, 0.2) is 0 Å². The smallest absolute Gasteiger partial charge is 0.287 e. The van der Waals surface area contributed by atoms with Gasteiger partial charge in [-0.1, -0.05) is 0 Å². The summed E-state index contributed by atoms with van der Waals surface area (Å²) in [5.41, 5.74) is 1.45. The molecule has 0 saturated heterocycles. The first-order valence-electron chi connectivity index (χ1n) is 2.27. The van der Waals surface area contributed by atoms with E-state index in [-0.39, 0.29) is 0 Å². The summed E-state index contributed by atoms with van der Waals surface area (Å²) < 4.78 is 1.11. The van der Waals surface area contributed by atoms with Crippen molar-refractivity contribution in [2.75, 3.05) is 0 Å². The van der Waals surface area contributed by atoms with Crippen molar-refractivity contribution in [1.82, 2.24) is 15.0 Å². The van der Waals surface area contributed by atoms with E-state index in [0.717, 1.165) is 4.57 Å². The molecule has 0 saturated carbocycles. The second-order valence-corrected chi connectivity index (χ2v) is 1.39. The Labute approximate surface area is 50.9 Å². The zero-order valence-corrected chi connectivity index (χ0v) is 4.48. The fraction of sp³-hybridized carbons (Fsp3) is 0. The minimum Gasteiger partial charge on any atom is -0.287 e. The molecule has 5 nitrogen and oxygen atoms in total. The van der Waals surface area contributed by atoms with Crippen LogP contribution in [0.5, 0.6) is 0 Å². The van der Waals surface area contributed by atoms with E-state index >= 15 is 0 Å². The molecular formula is C4H5N3O2. The maximum atomic E-state index is 10.4. The molecule has 0 atom stereocenters. The number of rotatable bonds is 0. The van der Waals surface area contributed by atoms with Crippen LogP contribution in [0.4, 0.5) is 4.79 Å². The van der Waals surface area contributed by atoms with Crippen molar-refractivity contribution in [3.8, 4) is 0 Å². The van der Waals surface area contributed by atoms with E-state index < -0.39 is 6.03 Å². The Morgan fingerprint density at radius 3 is 3.00 bits per heavy atom. The molecule has 1 heterocycles. The first-order valence-corrected chi connectivity index (χ1v) is 2.27. The molecule has 0 radical (unpaired) electrons. The topological polar surface area (TPSA) is 67.2 Å². The molecule has 1 aromatic rings. The van der Waals surface area contributed by atoms with Crippen molar-refractivity contribution in [3.63, 3.8) is 0 Å². The standard InChI is InChI=1S/C4H5N3O2/c8-4(6-9)7-2-1-5-3-7/h1-3,9H,(H,6,8). The summed E-state index contributed by atoms with van der Waals surface area (Å²) in [5.74, 6) is 0. The van der Waals surface area contributed by atoms with Crippen LogP contribution >= 0.6 is 0 Å². The van der Waals surface area contributed by atoms with E-state index in [0.29, 0.717) is 0 Å². The number of carbonyl (C=O) groups is 1. The summed E-state index contributed by atoms with van der Waals surface area (Å²) >= 11 is 0. The summed E-state index contributed by atoms with van der Waals surface area (Å²) in [6.07, 6.45) is 4.15. The Hall–Kier alpha value is -1.36. The number of nitrogens with zero attached hydrogens (tertiary/aromatic N) is 2. The first kappa shape index (κ1) is 5.77. The van der Waals surface area contributed by atoms with Gasteiger partial charge in [-0.2, -0.15) is 0 Å². The lowest BCUT2D eigenvalue weighted by molar-refractivity contribution is 0.163. The quantitative estimate of drug-likeness (QED) is 0.375. The number of hydrogen-bond acceptors (Lipinski definition) is 3. The van der Waals surface area contributed by atoms with Gasteiger partial charge < -0.3 is 0 Å². The van der Waals surface area contributed by atoms with Crippen LogP contribution in [-0.2, 0) is 0 Å². The van der Waals surface area contributed by atoms with Crippen LogP contribution in [0.25, 0.3) is 0 Å². The summed E-state index contributed by atoms with van der Waals surface area (Å²) in [5, 5.41) is 8.06. The molecule has 0 aliphatic heterocycles. The van der Waals surface area contributed by atoms with E-state index in [1.807, 2.05) is 0 Å². The fourth-order valence-corrected chi connectivity index (χ4v) is 0.437. The number of carbonyl (C=O) groups excluding carboxylic acids is 1. The normalized spacial score (nSPS) is 9.00. The summed E-state index contributed by atoms with van der Waals surface area (Å²) in [4.78, 5) is 14.0. The van der Waals surface area contributed by atoms with Crippen LogP contribution in [0.3, 0.4) is 0 Å². The SMILES string of the molecule is O=C(NO)n1ccnc1. The number of hydroxylamine groups is 1. The molecule has 1 amide bonds. The van der Waals surface area contributed by atoms with Gasteiger partial charge >= 0.3 is 6.03 Å². The minimum atomic E-state index is -0.618. The maximum Gasteiger partial charge on any atom is 0.350 e. The van der Waals surface area contributed by atoms with Crippen LogP contribution in [0.2, 0.25) is 0 Å². The van der Waals surface area contributed by atoms with E-state index in [1.54, 1.807) is 0 Å². The second-order valence-electron chi connectivity index (χ2n) is 1.39. The minimum absolute atomic E-state index is 0.618. The second kappa shape index (κ2) is 2.27. The average Bonchev–Trinajstić information content (AvgIpc) is 2.37. The number of nitrogens with one attached hydrogen (secondary N) is 1. The van der Waals surface area contributed by atoms with Crippen molar-refractivity contribution < 1.29 is 10.0 Å². The monoisotopic (exact) mass is 127 g/mol. The average molecular weight is 127 g/mol. The van der Waals surface area contributed by atoms with E-state index in [4.69, 9.17) is 5.21 Å². The van der Waals surface area contributed by atoms with Gasteiger partial charge in [-0.3, -0.25) is 9.77 Å². The van der Waals surface area contributed by atoms with Gasteiger partial charge in [-0.15, -0.1) is 0 Å². The molecule has 5 heteroatoms. The number of amides is 1. The number of imidazole rings is 1. The molecule has 0 aliphatic carbocycles. The Morgan fingerprint density at radius 2 is 2.56 bits per heavy atom. The summed E-state index contributed by atoms with van der Waals surface area (Å²) in [7, 11) is 0. The molecular weight excluding hydrogens is 122 g/mol. The van der Waals surface area contributed by atoms with Gasteiger partial charge in [0.2, 0.25) is 0 Å². The van der Waals surface area contributed by atoms with Crippen LogP contribution in [0.15, 0.2) is 18.7 Å². The van der Waals surface area contributed by atoms with Crippen molar-refractivity contribution in [3.05, 3.63) is 18.7 Å². The van der Waals surface area contributed by atoms with Gasteiger partial charge in [0, 0.05) is 12.4 Å². The van der Waals surface area contributed by atoms with Crippen LogP contribution in [0, 0.1) is 0 Å². The highest BCUT2D eigenvalue weighted by Crippen LogP contribution is 1.81. The lowest BCUT2D eigenvalue weighted by atomic mass is 10.9. The zero-order chi connectivity index (χ0) is 6.69. The lowest BCUT2D eigenvalue weighted by Crippen LogP contribution is -2.23. The van der Waals surface area contributed by atoms with Gasteiger partial charge in [0.25, 0.3) is 0 Å².